The number of thioether (sulfide) groups is 1. The van der Waals surface area contributed by atoms with Gasteiger partial charge in [0.2, 0.25) is 94.5 Å². The van der Waals surface area contributed by atoms with Crippen LogP contribution in [0.3, 0.4) is 0 Å². The molecule has 1 aliphatic heterocycles. The number of benzene rings is 3. The molecule has 120 heavy (non-hydrogen) atoms. The number of carbonyl (C=O) groups excluding carboxylic acids is 16. The van der Waals surface area contributed by atoms with Crippen LogP contribution in [0.15, 0.2) is 104 Å². The number of primary amides is 3. The van der Waals surface area contributed by atoms with Crippen molar-refractivity contribution < 1.29 is 91.7 Å². The number of rotatable bonds is 34. The zero-order chi connectivity index (χ0) is 87.6. The molecule has 0 bridgehead atoms. The van der Waals surface area contributed by atoms with Crippen molar-refractivity contribution in [3.8, 4) is 0 Å². The van der Waals surface area contributed by atoms with E-state index in [9.17, 15) is 72.5 Å². The van der Waals surface area contributed by atoms with E-state index in [-0.39, 0.29) is 31.4 Å². The number of para-hydroxylation sites is 3. The summed E-state index contributed by atoms with van der Waals surface area (Å²) in [5.41, 5.74) is 20.4. The van der Waals surface area contributed by atoms with Gasteiger partial charge in [-0.05, 0) is 73.1 Å². The van der Waals surface area contributed by atoms with Crippen LogP contribution < -0.4 is 86.3 Å². The van der Waals surface area contributed by atoms with E-state index in [0.29, 0.717) is 76.7 Å². The van der Waals surface area contributed by atoms with Crippen molar-refractivity contribution in [2.45, 2.75) is 177 Å². The number of hydrogen-bond donors (Lipinski definition) is 22. The Morgan fingerprint density at radius 2 is 0.983 bits per heavy atom. The monoisotopic (exact) mass is 1720 g/mol. The molecule has 8 rings (SSSR count). The Labute approximate surface area is 698 Å². The smallest absolute Gasteiger partial charge is 0.305 e. The molecule has 3 aromatic carbocycles. The van der Waals surface area contributed by atoms with Crippen LogP contribution in [0.2, 0.25) is 0 Å². The number of aliphatic hydroxyl groups excluding tert-OH is 1. The van der Waals surface area contributed by atoms with Crippen LogP contribution in [0.25, 0.3) is 32.7 Å². The van der Waals surface area contributed by atoms with E-state index in [1.165, 1.54) is 51.3 Å². The maximum absolute atomic E-state index is 15.2. The van der Waals surface area contributed by atoms with E-state index in [0.717, 1.165) is 6.92 Å². The van der Waals surface area contributed by atoms with Gasteiger partial charge in [0.25, 0.3) is 0 Å². The largest absolute Gasteiger partial charge is 0.481 e. The number of nitrogens with two attached hydrogens (primary N) is 3. The number of fused-ring (bicyclic) bond motifs is 3. The Hall–Kier alpha value is -12.5. The van der Waals surface area contributed by atoms with Gasteiger partial charge >= 0.3 is 5.97 Å². The number of nitrogens with one attached hydrogen (secondary N) is 17. The second-order valence-corrected chi connectivity index (χ2v) is 32.3. The molecule has 0 saturated carbocycles. The molecular weight excluding hydrogens is 1620 g/mol. The molecule has 1 aliphatic rings. The zero-order valence-electron chi connectivity index (χ0n) is 66.2. The minimum absolute atomic E-state index is 0.0953. The van der Waals surface area contributed by atoms with E-state index >= 15 is 19.2 Å². The van der Waals surface area contributed by atoms with Gasteiger partial charge in [-0.25, -0.2) is 4.98 Å². The van der Waals surface area contributed by atoms with Crippen molar-refractivity contribution in [2.24, 2.45) is 23.1 Å². The molecule has 0 unspecified atom stereocenters. The van der Waals surface area contributed by atoms with Crippen LogP contribution in [-0.4, -0.2) is 244 Å². The van der Waals surface area contributed by atoms with Crippen molar-refractivity contribution in [1.82, 2.24) is 94.0 Å². The number of hydrogen-bond acceptors (Lipinski definition) is 22. The van der Waals surface area contributed by atoms with E-state index in [1.807, 2.05) is 0 Å². The van der Waals surface area contributed by atoms with Gasteiger partial charge in [-0.2, -0.15) is 11.8 Å². The fourth-order valence-electron chi connectivity index (χ4n) is 13.0. The number of imidazole rings is 1. The van der Waals surface area contributed by atoms with Crippen molar-refractivity contribution in [1.29, 1.82) is 0 Å². The van der Waals surface area contributed by atoms with Crippen LogP contribution >= 0.6 is 33.3 Å². The number of aromatic amines is 4. The number of aliphatic hydroxyl groups is 1. The molecule has 7 aromatic rings. The third-order valence-electron chi connectivity index (χ3n) is 19.7. The van der Waals surface area contributed by atoms with Crippen molar-refractivity contribution >= 4 is 167 Å². The lowest BCUT2D eigenvalue weighted by atomic mass is 9.97. The third kappa shape index (κ3) is 26.8. The average Bonchev–Trinajstić information content (AvgIpc) is 1.74. The molecule has 15 atom stereocenters. The highest BCUT2D eigenvalue weighted by Crippen LogP contribution is 2.27. The van der Waals surface area contributed by atoms with Gasteiger partial charge in [-0.15, -0.1) is 0 Å². The number of carboxylic acids is 1. The van der Waals surface area contributed by atoms with Crippen LogP contribution in [-0.2, 0) is 107 Å². The predicted octanol–water partition coefficient (Wildman–Crippen LogP) is -3.25. The van der Waals surface area contributed by atoms with Gasteiger partial charge in [0, 0.05) is 107 Å². The molecule has 0 aliphatic carbocycles. The summed E-state index contributed by atoms with van der Waals surface area (Å²) in [5, 5.41) is 56.0. The first-order valence-electron chi connectivity index (χ1n) is 38.1. The summed E-state index contributed by atoms with van der Waals surface area (Å²) in [6.07, 6.45) is 2.83. The molecule has 40 nitrogen and oxygen atoms in total. The molecule has 0 radical (unpaired) electrons. The normalized spacial score (nSPS) is 20.0. The number of carbonyl (C=O) groups is 17. The van der Waals surface area contributed by atoms with Crippen molar-refractivity contribution in [3.05, 3.63) is 126 Å². The summed E-state index contributed by atoms with van der Waals surface area (Å²) >= 11 is 1.39. The molecule has 25 N–H and O–H groups in total. The maximum atomic E-state index is 15.2. The molecular formula is C77H99N21O19S3. The average molecular weight is 1720 g/mol. The number of aromatic nitrogens is 5. The summed E-state index contributed by atoms with van der Waals surface area (Å²) in [6, 6.07) is -2.12. The number of H-pyrrole nitrogens is 4. The lowest BCUT2D eigenvalue weighted by Gasteiger charge is -2.30. The number of carboxylic acid groups (broad SMARTS) is 1. The Balaban J connectivity index is 1.19. The quantitative estimate of drug-likeness (QED) is 0.0176. The third-order valence-corrected chi connectivity index (χ3v) is 22.7. The highest BCUT2D eigenvalue weighted by molar-refractivity contribution is 8.76. The molecule has 644 valence electrons. The first-order valence-corrected chi connectivity index (χ1v) is 42.0. The van der Waals surface area contributed by atoms with Gasteiger partial charge < -0.3 is 116 Å². The van der Waals surface area contributed by atoms with E-state index < -0.39 is 235 Å². The predicted molar refractivity (Wildman–Crippen MR) is 443 cm³/mol. The minimum atomic E-state index is -2.12. The van der Waals surface area contributed by atoms with Crippen molar-refractivity contribution in [3.63, 3.8) is 0 Å². The highest BCUT2D eigenvalue weighted by atomic mass is 33.1. The minimum Gasteiger partial charge on any atom is -0.481 e. The molecule has 5 heterocycles. The number of amides is 16. The maximum Gasteiger partial charge on any atom is 0.305 e. The summed E-state index contributed by atoms with van der Waals surface area (Å²) in [5.74, 6) is -21.3. The standard InChI is InChI=1S/C77H99N21O19S3/c1-7-36(2)63(97-77(117)64(38(4)99)98-73(113)53(24-42-31-84-49-19-13-10-16-46(42)49)88-66(106)50(20-21-118-6)87-39(5)100)76(116)96-59-34-120-119-33-58(74(114)90-51(67(107)86-37(3)65(80)105)22-40-29-82-47-17-11-8-14-44(40)47)95-72(112)57(28-62(103)104)94-69(109)54(25-43-32-81-35-85-43)91-68(108)52(23-41-30-83-48-18-12-9-15-45(41)48)89-70(110)55(26-60(78)101)92-71(111)56(27-61(79)102)93-75(59)115/h8-19,29-32,35-38,50-59,63-64,82-84,99H,7,20-28,33-34H2,1-6H3,(H2,78,101)(H2,79,102)(H2,80,105)(H,81,85)(H,86,107)(H,87,100)(H,88,106)(H,89,110)(H,90,114)(H,91,108)(H,92,111)(H,93,115)(H,94,109)(H,95,112)(H,96,116)(H,97,117)(H,98,113)(H,103,104)/t36-,37+,38+,50-,51-,52-,53-,54-,55-,56-,57-,58-,59-,63-,64-/m0/s1. The van der Waals surface area contributed by atoms with Gasteiger partial charge in [0.1, 0.15) is 78.5 Å². The first-order chi connectivity index (χ1) is 57.1. The summed E-state index contributed by atoms with van der Waals surface area (Å²) in [4.78, 5) is 258. The number of nitrogens with zero attached hydrogens (tertiary/aromatic N) is 1. The molecule has 16 amide bonds. The Bertz CT molecular complexity index is 4900. The van der Waals surface area contributed by atoms with Crippen molar-refractivity contribution in [2.75, 3.05) is 23.5 Å². The van der Waals surface area contributed by atoms with Gasteiger partial charge in [0.05, 0.1) is 31.7 Å². The molecule has 0 spiro atoms. The van der Waals surface area contributed by atoms with E-state index in [4.69, 9.17) is 17.2 Å². The molecule has 1 fully saturated rings. The topological polar surface area (TPSA) is 641 Å². The Kier molecular flexibility index (Phi) is 34.4. The second kappa shape index (κ2) is 44.3. The fraction of sp³-hybridized carbons (Fsp3) is 0.429. The van der Waals surface area contributed by atoms with E-state index in [1.54, 1.807) is 98.4 Å². The second-order valence-electron chi connectivity index (χ2n) is 28.8. The highest BCUT2D eigenvalue weighted by Gasteiger charge is 2.41. The summed E-state index contributed by atoms with van der Waals surface area (Å²) < 4.78 is 0. The molecule has 4 aromatic heterocycles. The van der Waals surface area contributed by atoms with Gasteiger partial charge in [0.15, 0.2) is 0 Å². The number of aliphatic carboxylic acids is 1. The van der Waals surface area contributed by atoms with Gasteiger partial charge in [-0.3, -0.25) is 81.5 Å². The first kappa shape index (κ1) is 93.0. The lowest BCUT2D eigenvalue weighted by molar-refractivity contribution is -0.141. The fourth-order valence-corrected chi connectivity index (χ4v) is 15.8. The SMILES string of the molecule is CC[C@H](C)[C@H](NC(=O)[C@@H](NC(=O)[C@H](Cc1c[nH]c2ccccc12)NC(=O)[C@H](CCSC)NC(C)=O)[C@@H](C)O)C(=O)N[C@H]1CSSC[C@@H](C(=O)N[C@@H](Cc2c[nH]c3ccccc23)C(=O)N[C@H](C)C(N)=O)NC(=O)[C@H](CC(=O)O)NC(=O)[C@H](Cc2cnc[nH]2)NC(=O)[C@H](Cc2c[nH]c3ccccc23)NC(=O)[C@H](CC(N)=O)NC(=O)[C@H](CC(N)=O)NC1=O. The van der Waals surface area contributed by atoms with Crippen LogP contribution in [0.4, 0.5) is 0 Å². The summed E-state index contributed by atoms with van der Waals surface area (Å²) in [7, 11) is 1.37. The van der Waals surface area contributed by atoms with Crippen LogP contribution in [0, 0.1) is 5.92 Å². The zero-order valence-corrected chi connectivity index (χ0v) is 68.6. The van der Waals surface area contributed by atoms with Crippen LogP contribution in [0.1, 0.15) is 89.1 Å². The lowest BCUT2D eigenvalue weighted by Crippen LogP contribution is -2.63. The molecule has 43 heteroatoms. The van der Waals surface area contributed by atoms with E-state index in [2.05, 4.69) is 94.0 Å². The molecule has 1 saturated heterocycles. The summed E-state index contributed by atoms with van der Waals surface area (Å²) in [6.45, 7) is 6.78. The Morgan fingerprint density at radius 3 is 1.48 bits per heavy atom. The van der Waals surface area contributed by atoms with Crippen LogP contribution in [0.5, 0.6) is 0 Å². The Morgan fingerprint density at radius 1 is 0.525 bits per heavy atom. The van der Waals surface area contributed by atoms with Gasteiger partial charge in [-0.1, -0.05) is 96.5 Å².